The number of nitrogens with one attached hydrogen (secondary N) is 1. The van der Waals surface area contributed by atoms with E-state index in [2.05, 4.69) is 30.7 Å². The highest BCUT2D eigenvalue weighted by Crippen LogP contribution is 2.47. The summed E-state index contributed by atoms with van der Waals surface area (Å²) in [5.41, 5.74) is 3.26. The normalized spacial score (nSPS) is 26.3. The van der Waals surface area contributed by atoms with Crippen LogP contribution in [0.4, 0.5) is 0 Å². The van der Waals surface area contributed by atoms with Gasteiger partial charge >= 0.3 is 0 Å². The molecule has 1 atom stereocenters. The van der Waals surface area contributed by atoms with Crippen LogP contribution in [0.3, 0.4) is 0 Å². The van der Waals surface area contributed by atoms with Gasteiger partial charge in [-0.05, 0) is 18.3 Å². The van der Waals surface area contributed by atoms with Gasteiger partial charge in [0.15, 0.2) is 0 Å². The zero-order valence-corrected chi connectivity index (χ0v) is 11.9. The molecule has 0 amide bonds. The average Bonchev–Trinajstić information content (AvgIpc) is 2.88. The van der Waals surface area contributed by atoms with Crippen LogP contribution in [0.15, 0.2) is 0 Å². The van der Waals surface area contributed by atoms with E-state index in [1.54, 1.807) is 0 Å². The standard InChI is InChI=1S/C15H25N3/c1-4-14-17-11-10-16-9-7-12(11)18(14)13-6-5-8-15(13,2)3/h13,16H,4-10H2,1-3H3. The van der Waals surface area contributed by atoms with Crippen molar-refractivity contribution in [3.05, 3.63) is 17.2 Å². The van der Waals surface area contributed by atoms with E-state index in [0.717, 1.165) is 25.9 Å². The number of aryl methyl sites for hydroxylation is 1. The van der Waals surface area contributed by atoms with Crippen molar-refractivity contribution < 1.29 is 0 Å². The van der Waals surface area contributed by atoms with Crippen molar-refractivity contribution in [3.63, 3.8) is 0 Å². The van der Waals surface area contributed by atoms with Gasteiger partial charge in [0.05, 0.1) is 5.69 Å². The zero-order valence-electron chi connectivity index (χ0n) is 11.9. The lowest BCUT2D eigenvalue weighted by atomic mass is 9.86. The van der Waals surface area contributed by atoms with Gasteiger partial charge in [-0.15, -0.1) is 0 Å². The molecule has 2 heterocycles. The van der Waals surface area contributed by atoms with E-state index in [0.29, 0.717) is 11.5 Å². The van der Waals surface area contributed by atoms with Gasteiger partial charge in [-0.3, -0.25) is 0 Å². The van der Waals surface area contributed by atoms with Gasteiger partial charge in [-0.25, -0.2) is 4.98 Å². The fourth-order valence-electron chi connectivity index (χ4n) is 3.79. The molecule has 1 saturated carbocycles. The number of rotatable bonds is 2. The summed E-state index contributed by atoms with van der Waals surface area (Å²) in [6.45, 7) is 9.16. The largest absolute Gasteiger partial charge is 0.328 e. The zero-order chi connectivity index (χ0) is 12.8. The van der Waals surface area contributed by atoms with E-state index in [-0.39, 0.29) is 0 Å². The fraction of sp³-hybridized carbons (Fsp3) is 0.800. The molecule has 1 aromatic rings. The highest BCUT2D eigenvalue weighted by molar-refractivity contribution is 5.22. The van der Waals surface area contributed by atoms with Crippen LogP contribution < -0.4 is 5.32 Å². The fourth-order valence-corrected chi connectivity index (χ4v) is 3.79. The van der Waals surface area contributed by atoms with E-state index in [1.165, 1.54) is 36.5 Å². The highest BCUT2D eigenvalue weighted by atomic mass is 15.2. The lowest BCUT2D eigenvalue weighted by Gasteiger charge is -2.31. The Bertz CT molecular complexity index is 445. The molecular weight excluding hydrogens is 222 g/mol. The first-order chi connectivity index (χ1) is 8.63. The molecule has 0 aromatic carbocycles. The molecule has 2 aliphatic rings. The predicted molar refractivity (Wildman–Crippen MR) is 73.7 cm³/mol. The molecule has 1 N–H and O–H groups in total. The molecule has 0 radical (unpaired) electrons. The SMILES string of the molecule is CCc1nc2c(n1C1CCCC1(C)C)CCNC2. The smallest absolute Gasteiger partial charge is 0.109 e. The topological polar surface area (TPSA) is 29.9 Å². The predicted octanol–water partition coefficient (Wildman–Crippen LogP) is 2.84. The van der Waals surface area contributed by atoms with Crippen molar-refractivity contribution >= 4 is 0 Å². The lowest BCUT2D eigenvalue weighted by Crippen LogP contribution is -2.29. The van der Waals surface area contributed by atoms with Crippen molar-refractivity contribution in [1.29, 1.82) is 0 Å². The molecule has 1 aliphatic heterocycles. The molecule has 1 fully saturated rings. The van der Waals surface area contributed by atoms with Gasteiger partial charge in [0.1, 0.15) is 5.82 Å². The van der Waals surface area contributed by atoms with Crippen LogP contribution in [0.2, 0.25) is 0 Å². The molecule has 1 aliphatic carbocycles. The number of hydrogen-bond acceptors (Lipinski definition) is 2. The quantitative estimate of drug-likeness (QED) is 0.871. The maximum absolute atomic E-state index is 4.88. The minimum atomic E-state index is 0.434. The van der Waals surface area contributed by atoms with Crippen LogP contribution in [-0.2, 0) is 19.4 Å². The Hall–Kier alpha value is -0.830. The van der Waals surface area contributed by atoms with Gasteiger partial charge in [0, 0.05) is 37.7 Å². The first kappa shape index (κ1) is 12.2. The summed E-state index contributed by atoms with van der Waals surface area (Å²) in [5.74, 6) is 1.31. The summed E-state index contributed by atoms with van der Waals surface area (Å²) in [6.07, 6.45) is 6.25. The number of nitrogens with zero attached hydrogens (tertiary/aromatic N) is 2. The van der Waals surface area contributed by atoms with Crippen molar-refractivity contribution in [2.75, 3.05) is 6.54 Å². The number of imidazole rings is 1. The van der Waals surface area contributed by atoms with E-state index in [1.807, 2.05) is 0 Å². The second-order valence-corrected chi connectivity index (χ2v) is 6.47. The minimum absolute atomic E-state index is 0.434. The second kappa shape index (κ2) is 4.37. The Morgan fingerprint density at radius 1 is 1.44 bits per heavy atom. The number of fused-ring (bicyclic) bond motifs is 1. The molecule has 100 valence electrons. The molecule has 3 nitrogen and oxygen atoms in total. The summed E-state index contributed by atoms with van der Waals surface area (Å²) < 4.78 is 2.61. The molecule has 1 aromatic heterocycles. The second-order valence-electron chi connectivity index (χ2n) is 6.47. The van der Waals surface area contributed by atoms with Crippen LogP contribution in [0.1, 0.15) is 63.3 Å². The third-order valence-corrected chi connectivity index (χ3v) is 4.83. The summed E-state index contributed by atoms with van der Waals surface area (Å²) in [6, 6.07) is 0.668. The van der Waals surface area contributed by atoms with Gasteiger partial charge in [0.25, 0.3) is 0 Å². The first-order valence-electron chi connectivity index (χ1n) is 7.43. The van der Waals surface area contributed by atoms with E-state index < -0.39 is 0 Å². The van der Waals surface area contributed by atoms with Gasteiger partial charge in [-0.1, -0.05) is 27.2 Å². The van der Waals surface area contributed by atoms with Gasteiger partial charge in [-0.2, -0.15) is 0 Å². The Kier molecular flexibility index (Phi) is 2.97. The minimum Gasteiger partial charge on any atom is -0.328 e. The van der Waals surface area contributed by atoms with Crippen molar-refractivity contribution in [3.8, 4) is 0 Å². The molecule has 3 rings (SSSR count). The van der Waals surface area contributed by atoms with Gasteiger partial charge in [0.2, 0.25) is 0 Å². The maximum Gasteiger partial charge on any atom is 0.109 e. The average molecular weight is 247 g/mol. The Labute approximate surface area is 110 Å². The van der Waals surface area contributed by atoms with E-state index >= 15 is 0 Å². The first-order valence-corrected chi connectivity index (χ1v) is 7.43. The summed E-state index contributed by atoms with van der Waals surface area (Å²) >= 11 is 0. The van der Waals surface area contributed by atoms with Crippen LogP contribution in [0.5, 0.6) is 0 Å². The molecule has 0 bridgehead atoms. The molecule has 0 spiro atoms. The molecular formula is C15H25N3. The highest BCUT2D eigenvalue weighted by Gasteiger charge is 2.38. The Morgan fingerprint density at radius 3 is 2.94 bits per heavy atom. The lowest BCUT2D eigenvalue weighted by molar-refractivity contribution is 0.251. The van der Waals surface area contributed by atoms with E-state index in [4.69, 9.17) is 4.98 Å². The van der Waals surface area contributed by atoms with Crippen LogP contribution in [0, 0.1) is 5.41 Å². The molecule has 1 unspecified atom stereocenters. The van der Waals surface area contributed by atoms with E-state index in [9.17, 15) is 0 Å². The summed E-state index contributed by atoms with van der Waals surface area (Å²) in [7, 11) is 0. The molecule has 0 saturated heterocycles. The van der Waals surface area contributed by atoms with Crippen LogP contribution >= 0.6 is 0 Å². The third-order valence-electron chi connectivity index (χ3n) is 4.83. The Morgan fingerprint density at radius 2 is 2.28 bits per heavy atom. The van der Waals surface area contributed by atoms with Crippen LogP contribution in [-0.4, -0.2) is 16.1 Å². The van der Waals surface area contributed by atoms with Crippen molar-refractivity contribution in [2.24, 2.45) is 5.41 Å². The summed E-state index contributed by atoms with van der Waals surface area (Å²) in [5, 5.41) is 3.44. The third kappa shape index (κ3) is 1.80. The maximum atomic E-state index is 4.88. The number of hydrogen-bond donors (Lipinski definition) is 1. The molecule has 3 heteroatoms. The molecule has 18 heavy (non-hydrogen) atoms. The Balaban J connectivity index is 2.07. The summed E-state index contributed by atoms with van der Waals surface area (Å²) in [4.78, 5) is 4.88. The van der Waals surface area contributed by atoms with Gasteiger partial charge < -0.3 is 9.88 Å². The monoisotopic (exact) mass is 247 g/mol. The van der Waals surface area contributed by atoms with Crippen molar-refractivity contribution in [2.45, 2.75) is 65.5 Å². The number of aromatic nitrogens is 2. The van der Waals surface area contributed by atoms with Crippen LogP contribution in [0.25, 0.3) is 0 Å². The van der Waals surface area contributed by atoms with Crippen molar-refractivity contribution in [1.82, 2.24) is 14.9 Å².